The van der Waals surface area contributed by atoms with Crippen molar-refractivity contribution in [2.75, 3.05) is 26.8 Å². The summed E-state index contributed by atoms with van der Waals surface area (Å²) in [5, 5.41) is 10.3. The van der Waals surface area contributed by atoms with Crippen molar-refractivity contribution >= 4 is 34.4 Å². The maximum atomic E-state index is 13.0. The predicted octanol–water partition coefficient (Wildman–Crippen LogP) is 2.94. The van der Waals surface area contributed by atoms with Gasteiger partial charge in [0.15, 0.2) is 0 Å². The molecule has 0 unspecified atom stereocenters. The third-order valence-electron chi connectivity index (χ3n) is 4.20. The van der Waals surface area contributed by atoms with E-state index < -0.39 is 5.97 Å². The van der Waals surface area contributed by atoms with E-state index in [1.54, 1.807) is 24.3 Å². The van der Waals surface area contributed by atoms with Crippen LogP contribution in [0.15, 0.2) is 24.3 Å². The molecule has 0 atom stereocenters. The van der Waals surface area contributed by atoms with Gasteiger partial charge in [0.25, 0.3) is 5.91 Å². The number of benzene rings is 1. The van der Waals surface area contributed by atoms with E-state index in [9.17, 15) is 9.59 Å². The van der Waals surface area contributed by atoms with Crippen molar-refractivity contribution in [1.29, 1.82) is 0 Å². The van der Waals surface area contributed by atoms with E-state index in [-0.39, 0.29) is 25.6 Å². The van der Waals surface area contributed by atoms with Crippen molar-refractivity contribution in [3.05, 3.63) is 40.5 Å². The molecule has 0 spiro atoms. The van der Waals surface area contributed by atoms with E-state index in [0.29, 0.717) is 27.4 Å². The van der Waals surface area contributed by atoms with Crippen molar-refractivity contribution in [2.24, 2.45) is 0 Å². The fourth-order valence-corrected chi connectivity index (χ4v) is 2.94. The molecule has 0 saturated heterocycles. The second-order valence-corrected chi connectivity index (χ2v) is 6.58. The van der Waals surface area contributed by atoms with Crippen molar-refractivity contribution < 1.29 is 19.4 Å². The van der Waals surface area contributed by atoms with Gasteiger partial charge in [-0.15, -0.1) is 0 Å². The first-order valence-electron chi connectivity index (χ1n) is 8.10. The smallest absolute Gasteiger partial charge is 0.323 e. The first-order chi connectivity index (χ1) is 12.0. The Morgan fingerprint density at radius 3 is 2.76 bits per heavy atom. The molecule has 1 fully saturated rings. The van der Waals surface area contributed by atoms with Gasteiger partial charge in [0.1, 0.15) is 6.54 Å². The zero-order chi connectivity index (χ0) is 18.0. The zero-order valence-corrected chi connectivity index (χ0v) is 14.6. The minimum Gasteiger partial charge on any atom is -0.480 e. The molecular weight excluding hydrogens is 344 g/mol. The average molecular weight is 363 g/mol. The molecule has 132 valence electrons. The molecule has 0 bridgehead atoms. The number of rotatable bonds is 7. The molecular formula is C18H19ClN2O4. The summed E-state index contributed by atoms with van der Waals surface area (Å²) in [6, 6.07) is 7.00. The van der Waals surface area contributed by atoms with Crippen LogP contribution >= 0.6 is 11.6 Å². The Morgan fingerprint density at radius 1 is 1.36 bits per heavy atom. The molecule has 7 heteroatoms. The zero-order valence-electron chi connectivity index (χ0n) is 13.9. The lowest BCUT2D eigenvalue weighted by Crippen LogP contribution is -2.38. The van der Waals surface area contributed by atoms with Gasteiger partial charge in [-0.25, -0.2) is 0 Å². The number of ether oxygens (including phenoxy) is 1. The minimum absolute atomic E-state index is 0.199. The fourth-order valence-electron chi connectivity index (χ4n) is 2.77. The number of carbonyl (C=O) groups excluding carboxylic acids is 1. The third kappa shape index (κ3) is 4.08. The molecule has 1 aliphatic rings. The second-order valence-electron chi connectivity index (χ2n) is 6.14. The summed E-state index contributed by atoms with van der Waals surface area (Å²) in [5.41, 5.74) is 2.01. The molecule has 0 aliphatic heterocycles. The maximum absolute atomic E-state index is 13.0. The first-order valence-corrected chi connectivity index (χ1v) is 8.47. The standard InChI is InChI=1S/C18H19ClN2O4/c1-25-7-6-21(10-17(22)23)18(24)14-9-16(11-2-3-11)20-15-5-4-12(19)8-13(14)15/h4-5,8-9,11H,2-3,6-7,10H2,1H3,(H,22,23). The number of fused-ring (bicyclic) bond motifs is 1. The minimum atomic E-state index is -1.07. The van der Waals surface area contributed by atoms with Crippen LogP contribution in [-0.4, -0.2) is 53.7 Å². The molecule has 2 aromatic rings. The number of hydrogen-bond acceptors (Lipinski definition) is 4. The third-order valence-corrected chi connectivity index (χ3v) is 4.43. The van der Waals surface area contributed by atoms with Crippen molar-refractivity contribution in [3.8, 4) is 0 Å². The highest BCUT2D eigenvalue weighted by atomic mass is 35.5. The van der Waals surface area contributed by atoms with Gasteiger partial charge in [-0.2, -0.15) is 0 Å². The van der Waals surface area contributed by atoms with E-state index in [2.05, 4.69) is 4.98 Å². The Kier molecular flexibility index (Phi) is 5.20. The summed E-state index contributed by atoms with van der Waals surface area (Å²) in [6.45, 7) is 0.0778. The highest BCUT2D eigenvalue weighted by molar-refractivity contribution is 6.31. The lowest BCUT2D eigenvalue weighted by atomic mass is 10.0. The summed E-state index contributed by atoms with van der Waals surface area (Å²) in [7, 11) is 1.51. The maximum Gasteiger partial charge on any atom is 0.323 e. The predicted molar refractivity (Wildman–Crippen MR) is 94.1 cm³/mol. The number of pyridine rings is 1. The Hall–Kier alpha value is -2.18. The molecule has 1 N–H and O–H groups in total. The van der Waals surface area contributed by atoms with E-state index in [1.165, 1.54) is 12.0 Å². The van der Waals surface area contributed by atoms with Crippen LogP contribution in [0.5, 0.6) is 0 Å². The average Bonchev–Trinajstić information content (AvgIpc) is 3.41. The number of halogens is 1. The van der Waals surface area contributed by atoms with Gasteiger partial charge >= 0.3 is 5.97 Å². The Morgan fingerprint density at radius 2 is 2.12 bits per heavy atom. The summed E-state index contributed by atoms with van der Waals surface area (Å²) in [6.07, 6.45) is 2.12. The topological polar surface area (TPSA) is 79.7 Å². The van der Waals surface area contributed by atoms with E-state index in [4.69, 9.17) is 21.4 Å². The number of nitrogens with zero attached hydrogens (tertiary/aromatic N) is 2. The van der Waals surface area contributed by atoms with Crippen LogP contribution < -0.4 is 0 Å². The van der Waals surface area contributed by atoms with Crippen LogP contribution in [0.4, 0.5) is 0 Å². The van der Waals surface area contributed by atoms with Gasteiger partial charge in [0, 0.05) is 35.7 Å². The van der Waals surface area contributed by atoms with Gasteiger partial charge in [0.2, 0.25) is 0 Å². The highest BCUT2D eigenvalue weighted by Crippen LogP contribution is 2.40. The molecule has 1 amide bonds. The van der Waals surface area contributed by atoms with Gasteiger partial charge in [-0.3, -0.25) is 14.6 Å². The molecule has 25 heavy (non-hydrogen) atoms. The van der Waals surface area contributed by atoms with Crippen LogP contribution in [0.3, 0.4) is 0 Å². The van der Waals surface area contributed by atoms with Crippen LogP contribution in [0.1, 0.15) is 34.8 Å². The monoisotopic (exact) mass is 362 g/mol. The van der Waals surface area contributed by atoms with Gasteiger partial charge in [-0.05, 0) is 37.1 Å². The van der Waals surface area contributed by atoms with Crippen molar-refractivity contribution in [3.63, 3.8) is 0 Å². The number of amides is 1. The largest absolute Gasteiger partial charge is 0.480 e. The molecule has 3 rings (SSSR count). The van der Waals surface area contributed by atoms with E-state index in [1.807, 2.05) is 0 Å². The normalized spacial score (nSPS) is 13.8. The van der Waals surface area contributed by atoms with Crippen LogP contribution in [-0.2, 0) is 9.53 Å². The molecule has 1 heterocycles. The van der Waals surface area contributed by atoms with Crippen LogP contribution in [0.2, 0.25) is 5.02 Å². The number of hydrogen-bond donors (Lipinski definition) is 1. The van der Waals surface area contributed by atoms with Gasteiger partial charge < -0.3 is 14.7 Å². The number of methoxy groups -OCH3 is 1. The molecule has 1 aromatic carbocycles. The van der Waals surface area contributed by atoms with Gasteiger partial charge in [-0.1, -0.05) is 11.6 Å². The SMILES string of the molecule is COCCN(CC(=O)O)C(=O)c1cc(C2CC2)nc2ccc(Cl)cc12. The molecule has 1 aromatic heterocycles. The number of carbonyl (C=O) groups is 2. The quantitative estimate of drug-likeness (QED) is 0.819. The second kappa shape index (κ2) is 7.37. The first kappa shape index (κ1) is 17.6. The van der Waals surface area contributed by atoms with Crippen LogP contribution in [0.25, 0.3) is 10.9 Å². The fraction of sp³-hybridized carbons (Fsp3) is 0.389. The summed E-state index contributed by atoms with van der Waals surface area (Å²) in [5.74, 6) is -1.04. The van der Waals surface area contributed by atoms with Crippen molar-refractivity contribution in [2.45, 2.75) is 18.8 Å². The number of aliphatic carboxylic acids is 1. The van der Waals surface area contributed by atoms with Crippen molar-refractivity contribution in [1.82, 2.24) is 9.88 Å². The van der Waals surface area contributed by atoms with Gasteiger partial charge in [0.05, 0.1) is 17.7 Å². The number of carboxylic acid groups (broad SMARTS) is 1. The lowest BCUT2D eigenvalue weighted by Gasteiger charge is -2.21. The highest BCUT2D eigenvalue weighted by Gasteiger charge is 2.28. The summed E-state index contributed by atoms with van der Waals surface area (Å²) in [4.78, 5) is 30.1. The Balaban J connectivity index is 2.05. The summed E-state index contributed by atoms with van der Waals surface area (Å²) >= 11 is 6.09. The number of aromatic nitrogens is 1. The molecule has 0 radical (unpaired) electrons. The lowest BCUT2D eigenvalue weighted by molar-refractivity contribution is -0.137. The molecule has 6 nitrogen and oxygen atoms in total. The Bertz CT molecular complexity index is 820. The Labute approximate surface area is 150 Å². The van der Waals surface area contributed by atoms with E-state index >= 15 is 0 Å². The summed E-state index contributed by atoms with van der Waals surface area (Å²) < 4.78 is 5.00. The van der Waals surface area contributed by atoms with Crippen LogP contribution in [0, 0.1) is 0 Å². The van der Waals surface area contributed by atoms with E-state index in [0.717, 1.165) is 18.5 Å². The molecule has 1 saturated carbocycles. The molecule has 1 aliphatic carbocycles. The number of carboxylic acids is 1.